The molecule has 0 aliphatic heterocycles. The SMILES string of the molecule is O=[N+]([O-])c1ccc(N/N=C/c2ccc([N+](=O)[O-])o2)cc1. The van der Waals surface area contributed by atoms with Crippen LogP contribution in [-0.4, -0.2) is 16.1 Å². The van der Waals surface area contributed by atoms with Gasteiger partial charge >= 0.3 is 5.88 Å². The molecule has 9 heteroatoms. The minimum Gasteiger partial charge on any atom is -0.400 e. The van der Waals surface area contributed by atoms with Gasteiger partial charge in [0.1, 0.15) is 4.92 Å². The van der Waals surface area contributed by atoms with Gasteiger partial charge in [-0.05, 0) is 18.2 Å². The quantitative estimate of drug-likeness (QED) is 0.508. The monoisotopic (exact) mass is 276 g/mol. The zero-order valence-corrected chi connectivity index (χ0v) is 9.92. The highest BCUT2D eigenvalue weighted by Crippen LogP contribution is 2.16. The van der Waals surface area contributed by atoms with Crippen LogP contribution in [0.2, 0.25) is 0 Å². The average molecular weight is 276 g/mol. The van der Waals surface area contributed by atoms with E-state index in [1.54, 1.807) is 0 Å². The Balaban J connectivity index is 1.98. The van der Waals surface area contributed by atoms with Gasteiger partial charge in [-0.1, -0.05) is 0 Å². The van der Waals surface area contributed by atoms with Crippen molar-refractivity contribution in [3.63, 3.8) is 0 Å². The van der Waals surface area contributed by atoms with Crippen LogP contribution in [0.15, 0.2) is 45.9 Å². The molecule has 1 N–H and O–H groups in total. The van der Waals surface area contributed by atoms with Gasteiger partial charge in [-0.2, -0.15) is 5.10 Å². The van der Waals surface area contributed by atoms with Crippen LogP contribution in [0.1, 0.15) is 5.76 Å². The van der Waals surface area contributed by atoms with E-state index in [0.29, 0.717) is 5.69 Å². The number of nitrogens with zero attached hydrogens (tertiary/aromatic N) is 3. The van der Waals surface area contributed by atoms with E-state index in [0.717, 1.165) is 0 Å². The Labute approximate surface area is 111 Å². The third-order valence-electron chi connectivity index (χ3n) is 2.26. The van der Waals surface area contributed by atoms with Gasteiger partial charge in [0.25, 0.3) is 5.69 Å². The molecule has 0 saturated heterocycles. The maximum Gasteiger partial charge on any atom is 0.433 e. The van der Waals surface area contributed by atoms with E-state index in [2.05, 4.69) is 10.5 Å². The second kappa shape index (κ2) is 5.61. The topological polar surface area (TPSA) is 124 Å². The van der Waals surface area contributed by atoms with Crippen LogP contribution in [-0.2, 0) is 0 Å². The molecule has 0 unspecified atom stereocenters. The summed E-state index contributed by atoms with van der Waals surface area (Å²) < 4.78 is 4.86. The molecule has 0 spiro atoms. The lowest BCUT2D eigenvalue weighted by molar-refractivity contribution is -0.402. The molecule has 0 fully saturated rings. The van der Waals surface area contributed by atoms with E-state index < -0.39 is 9.85 Å². The van der Waals surface area contributed by atoms with Crippen molar-refractivity contribution < 1.29 is 14.3 Å². The molecule has 0 aliphatic carbocycles. The zero-order valence-electron chi connectivity index (χ0n) is 9.92. The van der Waals surface area contributed by atoms with Crippen LogP contribution in [0.4, 0.5) is 17.3 Å². The predicted octanol–water partition coefficient (Wildman–Crippen LogP) is 2.54. The summed E-state index contributed by atoms with van der Waals surface area (Å²) in [6.07, 6.45) is 1.26. The van der Waals surface area contributed by atoms with E-state index in [-0.39, 0.29) is 17.3 Å². The maximum atomic E-state index is 10.5. The van der Waals surface area contributed by atoms with Crippen LogP contribution in [0.25, 0.3) is 0 Å². The van der Waals surface area contributed by atoms with Gasteiger partial charge in [0.05, 0.1) is 22.9 Å². The Kier molecular flexibility index (Phi) is 3.70. The standard InChI is InChI=1S/C11H8N4O5/c16-14(17)9-3-1-8(2-4-9)13-12-7-10-5-6-11(20-10)15(18)19/h1-7,13H/b12-7+. The number of nitro groups is 2. The smallest absolute Gasteiger partial charge is 0.400 e. The Morgan fingerprint density at radius 1 is 1.05 bits per heavy atom. The van der Waals surface area contributed by atoms with E-state index in [1.165, 1.54) is 42.6 Å². The number of nitrogens with one attached hydrogen (secondary N) is 1. The first-order valence-electron chi connectivity index (χ1n) is 5.34. The van der Waals surface area contributed by atoms with Gasteiger partial charge in [0.2, 0.25) is 0 Å². The first-order chi connectivity index (χ1) is 9.56. The van der Waals surface area contributed by atoms with Crippen LogP contribution >= 0.6 is 0 Å². The minimum atomic E-state index is -0.652. The van der Waals surface area contributed by atoms with E-state index >= 15 is 0 Å². The fourth-order valence-corrected chi connectivity index (χ4v) is 1.34. The third kappa shape index (κ3) is 3.16. The van der Waals surface area contributed by atoms with Crippen LogP contribution in [0.3, 0.4) is 0 Å². The van der Waals surface area contributed by atoms with Crippen molar-refractivity contribution in [2.45, 2.75) is 0 Å². The Morgan fingerprint density at radius 2 is 1.75 bits per heavy atom. The van der Waals surface area contributed by atoms with Gasteiger partial charge in [-0.25, -0.2) is 0 Å². The lowest BCUT2D eigenvalue weighted by Gasteiger charge is -1.98. The van der Waals surface area contributed by atoms with Gasteiger partial charge in [-0.3, -0.25) is 25.7 Å². The second-order valence-corrected chi connectivity index (χ2v) is 3.61. The third-order valence-corrected chi connectivity index (χ3v) is 2.26. The molecule has 1 heterocycles. The van der Waals surface area contributed by atoms with Crippen LogP contribution in [0.5, 0.6) is 0 Å². The maximum absolute atomic E-state index is 10.5. The summed E-state index contributed by atoms with van der Waals surface area (Å²) in [5.74, 6) is -0.159. The van der Waals surface area contributed by atoms with Crippen molar-refractivity contribution in [1.29, 1.82) is 0 Å². The highest BCUT2D eigenvalue weighted by Gasteiger charge is 2.10. The molecular formula is C11H8N4O5. The number of hydrazone groups is 1. The molecule has 0 aliphatic rings. The highest BCUT2D eigenvalue weighted by molar-refractivity contribution is 5.77. The van der Waals surface area contributed by atoms with Crippen LogP contribution < -0.4 is 5.43 Å². The van der Waals surface area contributed by atoms with E-state index in [1.807, 2.05) is 0 Å². The summed E-state index contributed by atoms with van der Waals surface area (Å²) in [5.41, 5.74) is 3.12. The largest absolute Gasteiger partial charge is 0.433 e. The second-order valence-electron chi connectivity index (χ2n) is 3.61. The number of hydrogen-bond acceptors (Lipinski definition) is 7. The number of nitro benzene ring substituents is 1. The molecule has 1 aromatic carbocycles. The first kappa shape index (κ1) is 13.2. The summed E-state index contributed by atoms with van der Waals surface area (Å²) in [5, 5.41) is 24.6. The fourth-order valence-electron chi connectivity index (χ4n) is 1.34. The molecule has 0 atom stereocenters. The van der Waals surface area contributed by atoms with Gasteiger partial charge in [0, 0.05) is 12.1 Å². The predicted molar refractivity (Wildman–Crippen MR) is 69.7 cm³/mol. The molecule has 102 valence electrons. The number of furan rings is 1. The molecule has 0 bridgehead atoms. The van der Waals surface area contributed by atoms with Gasteiger partial charge in [-0.15, -0.1) is 0 Å². The molecule has 0 radical (unpaired) electrons. The van der Waals surface area contributed by atoms with Gasteiger partial charge < -0.3 is 4.42 Å². The van der Waals surface area contributed by atoms with Crippen molar-refractivity contribution in [3.8, 4) is 0 Å². The molecule has 1 aromatic heterocycles. The van der Waals surface area contributed by atoms with E-state index in [9.17, 15) is 20.2 Å². The Bertz CT molecular complexity index is 662. The molecule has 2 rings (SSSR count). The number of hydrogen-bond donors (Lipinski definition) is 1. The number of rotatable bonds is 5. The molecule has 9 nitrogen and oxygen atoms in total. The van der Waals surface area contributed by atoms with E-state index in [4.69, 9.17) is 4.42 Å². The van der Waals surface area contributed by atoms with Crippen molar-refractivity contribution in [2.24, 2.45) is 5.10 Å². The van der Waals surface area contributed by atoms with Crippen LogP contribution in [0, 0.1) is 20.2 Å². The fraction of sp³-hybridized carbons (Fsp3) is 0. The highest BCUT2D eigenvalue weighted by atomic mass is 16.6. The van der Waals surface area contributed by atoms with Gasteiger partial charge in [0.15, 0.2) is 5.76 Å². The summed E-state index contributed by atoms with van der Waals surface area (Å²) in [4.78, 5) is 19.7. The molecule has 0 amide bonds. The summed E-state index contributed by atoms with van der Waals surface area (Å²) in [7, 11) is 0. The van der Waals surface area contributed by atoms with Crippen molar-refractivity contribution in [2.75, 3.05) is 5.43 Å². The normalized spacial score (nSPS) is 10.6. The number of non-ortho nitro benzene ring substituents is 1. The van der Waals surface area contributed by atoms with Crippen molar-refractivity contribution in [1.82, 2.24) is 0 Å². The zero-order chi connectivity index (χ0) is 14.5. The Morgan fingerprint density at radius 3 is 2.30 bits per heavy atom. The first-order valence-corrected chi connectivity index (χ1v) is 5.34. The summed E-state index contributed by atoms with van der Waals surface area (Å²) >= 11 is 0. The molecular weight excluding hydrogens is 268 g/mol. The molecule has 2 aromatic rings. The molecule has 0 saturated carbocycles. The lowest BCUT2D eigenvalue weighted by atomic mass is 10.3. The number of benzene rings is 1. The lowest BCUT2D eigenvalue weighted by Crippen LogP contribution is -1.91. The molecule has 20 heavy (non-hydrogen) atoms. The van der Waals surface area contributed by atoms with Crippen molar-refractivity contribution in [3.05, 3.63) is 62.4 Å². The number of anilines is 1. The minimum absolute atomic E-state index is 0.0267. The summed E-state index contributed by atoms with van der Waals surface area (Å²) in [6.45, 7) is 0. The summed E-state index contributed by atoms with van der Waals surface area (Å²) in [6, 6.07) is 8.25. The average Bonchev–Trinajstić information content (AvgIpc) is 2.88. The Hall–Kier alpha value is -3.23. The van der Waals surface area contributed by atoms with Crippen molar-refractivity contribution >= 4 is 23.5 Å².